The average Bonchev–Trinajstić information content (AvgIpc) is 3.30. The van der Waals surface area contributed by atoms with Crippen LogP contribution in [-0.2, 0) is 22.5 Å². The molecule has 6 heteroatoms. The molecule has 1 saturated heterocycles. The number of piperidine rings is 1. The number of aliphatic carboxylic acids is 1. The van der Waals surface area contributed by atoms with Crippen molar-refractivity contribution in [2.24, 2.45) is 5.41 Å². The maximum atomic E-state index is 12.7. The van der Waals surface area contributed by atoms with Crippen molar-refractivity contribution < 1.29 is 14.6 Å². The lowest BCUT2D eigenvalue weighted by Crippen LogP contribution is -2.40. The number of aryl methyl sites for hydroxylation is 2. The van der Waals surface area contributed by atoms with E-state index in [1.807, 2.05) is 27.7 Å². The van der Waals surface area contributed by atoms with Gasteiger partial charge < -0.3 is 20.1 Å². The number of rotatable bonds is 5. The van der Waals surface area contributed by atoms with Gasteiger partial charge in [0.15, 0.2) is 6.10 Å². The molecular formula is C31H43N3O3. The molecule has 5 rings (SSSR count). The number of nitrogens with zero attached hydrogens (tertiary/aromatic N) is 2. The first-order chi connectivity index (χ1) is 17.6. The molecule has 2 aliphatic heterocycles. The second kappa shape index (κ2) is 10.0. The Morgan fingerprint density at radius 2 is 1.78 bits per heavy atom. The Bertz CT molecular complexity index is 1170. The number of anilines is 1. The van der Waals surface area contributed by atoms with Gasteiger partial charge in [0, 0.05) is 42.1 Å². The van der Waals surface area contributed by atoms with Crippen LogP contribution in [0.5, 0.6) is 0 Å². The highest BCUT2D eigenvalue weighted by Crippen LogP contribution is 2.49. The van der Waals surface area contributed by atoms with Crippen molar-refractivity contribution in [3.05, 3.63) is 46.3 Å². The molecule has 1 aromatic carbocycles. The fraction of sp³-hybridized carbons (Fsp3) is 0.613. The van der Waals surface area contributed by atoms with Gasteiger partial charge in [-0.3, -0.25) is 4.98 Å². The van der Waals surface area contributed by atoms with E-state index < -0.39 is 17.7 Å². The van der Waals surface area contributed by atoms with Crippen LogP contribution < -0.4 is 10.2 Å². The van der Waals surface area contributed by atoms with E-state index in [0.29, 0.717) is 11.0 Å². The highest BCUT2D eigenvalue weighted by atomic mass is 16.5. The lowest BCUT2D eigenvalue weighted by atomic mass is 9.76. The molecule has 1 spiro atoms. The fourth-order valence-electron chi connectivity index (χ4n) is 6.88. The highest BCUT2D eigenvalue weighted by molar-refractivity contribution is 5.88. The van der Waals surface area contributed by atoms with Gasteiger partial charge in [0.1, 0.15) is 0 Å². The Kier molecular flexibility index (Phi) is 7.10. The number of hydrogen-bond donors (Lipinski definition) is 2. The summed E-state index contributed by atoms with van der Waals surface area (Å²) in [5.74, 6) is -0.961. The molecule has 3 heterocycles. The summed E-state index contributed by atoms with van der Waals surface area (Å²) in [7, 11) is 0. The molecule has 2 N–H and O–H groups in total. The van der Waals surface area contributed by atoms with Crippen molar-refractivity contribution in [2.45, 2.75) is 97.8 Å². The minimum atomic E-state index is -1.08. The van der Waals surface area contributed by atoms with Gasteiger partial charge in [-0.05, 0) is 95.4 Å². The molecule has 0 bridgehead atoms. The summed E-state index contributed by atoms with van der Waals surface area (Å²) in [6.45, 7) is 13.5. The number of nitrogens with one attached hydrogen (secondary N) is 1. The van der Waals surface area contributed by atoms with Crippen LogP contribution in [0.3, 0.4) is 0 Å². The predicted molar refractivity (Wildman–Crippen MR) is 148 cm³/mol. The van der Waals surface area contributed by atoms with E-state index in [1.54, 1.807) is 0 Å². The van der Waals surface area contributed by atoms with Crippen molar-refractivity contribution in [1.29, 1.82) is 0 Å². The van der Waals surface area contributed by atoms with Crippen LogP contribution in [0.4, 0.5) is 5.69 Å². The van der Waals surface area contributed by atoms with E-state index in [2.05, 4.69) is 35.3 Å². The first-order valence-electron chi connectivity index (χ1n) is 14.1. The topological polar surface area (TPSA) is 74.7 Å². The molecule has 1 saturated carbocycles. The molecule has 3 aliphatic rings. The maximum Gasteiger partial charge on any atom is 0.337 e. The quantitative estimate of drug-likeness (QED) is 0.511. The molecule has 200 valence electrons. The first-order valence-corrected chi connectivity index (χ1v) is 14.1. The molecule has 37 heavy (non-hydrogen) atoms. The van der Waals surface area contributed by atoms with Gasteiger partial charge in [0.2, 0.25) is 0 Å². The lowest BCUT2D eigenvalue weighted by Gasteiger charge is -2.43. The van der Waals surface area contributed by atoms with Crippen molar-refractivity contribution in [2.75, 3.05) is 24.5 Å². The molecular weight excluding hydrogens is 462 g/mol. The van der Waals surface area contributed by atoms with Crippen LogP contribution in [0.15, 0.2) is 18.2 Å². The average molecular weight is 506 g/mol. The van der Waals surface area contributed by atoms with E-state index in [9.17, 15) is 9.90 Å². The minimum Gasteiger partial charge on any atom is -0.479 e. The van der Waals surface area contributed by atoms with Gasteiger partial charge >= 0.3 is 5.97 Å². The Morgan fingerprint density at radius 3 is 2.43 bits per heavy atom. The molecule has 1 atom stereocenters. The van der Waals surface area contributed by atoms with Crippen molar-refractivity contribution in [1.82, 2.24) is 10.3 Å². The van der Waals surface area contributed by atoms with Gasteiger partial charge in [-0.1, -0.05) is 31.0 Å². The zero-order valence-corrected chi connectivity index (χ0v) is 23.2. The fourth-order valence-corrected chi connectivity index (χ4v) is 6.88. The highest BCUT2D eigenvalue weighted by Gasteiger charge is 2.40. The van der Waals surface area contributed by atoms with E-state index in [1.165, 1.54) is 49.7 Å². The number of aromatic nitrogens is 1. The summed E-state index contributed by atoms with van der Waals surface area (Å²) in [4.78, 5) is 20.1. The number of carbonyl (C=O) groups is 1. The van der Waals surface area contributed by atoms with Gasteiger partial charge in [0.25, 0.3) is 0 Å². The van der Waals surface area contributed by atoms with E-state index >= 15 is 0 Å². The van der Waals surface area contributed by atoms with Gasteiger partial charge in [0.05, 0.1) is 11.3 Å². The molecule has 0 amide bonds. The SMILES string of the molecule is Cc1nc(C)c(C(OC(C)(C)C)C(=O)O)c(N2CCC3(CCCC3)CC2)c1-c1ccc2c(c1)CCNC2. The molecule has 1 unspecified atom stereocenters. The number of pyridine rings is 1. The number of ether oxygens (including phenoxy) is 1. The Hall–Kier alpha value is -2.44. The molecule has 1 aromatic heterocycles. The third-order valence-corrected chi connectivity index (χ3v) is 8.72. The standard InChI is InChI=1S/C31H43N3O3/c1-20-25(23-8-9-24-19-32-15-10-22(24)18-23)27(34-16-13-31(14-17-34)11-6-7-12-31)26(21(2)33-20)28(29(35)36)37-30(3,4)5/h8-9,18,28,32H,6-7,10-17,19H2,1-5H3,(H,35,36). The number of carboxylic acid groups (broad SMARTS) is 1. The van der Waals surface area contributed by atoms with Gasteiger partial charge in [-0.25, -0.2) is 4.79 Å². The third-order valence-electron chi connectivity index (χ3n) is 8.72. The minimum absolute atomic E-state index is 0.473. The third kappa shape index (κ3) is 5.28. The summed E-state index contributed by atoms with van der Waals surface area (Å²) in [5, 5.41) is 13.9. The number of carboxylic acids is 1. The van der Waals surface area contributed by atoms with Crippen LogP contribution in [0.1, 0.15) is 93.5 Å². The summed E-state index contributed by atoms with van der Waals surface area (Å²) < 4.78 is 6.24. The molecule has 1 aliphatic carbocycles. The lowest BCUT2D eigenvalue weighted by molar-refractivity contribution is -0.160. The second-order valence-electron chi connectivity index (χ2n) is 12.5. The Labute approximate surface area is 221 Å². The predicted octanol–water partition coefficient (Wildman–Crippen LogP) is 6.11. The van der Waals surface area contributed by atoms with Crippen LogP contribution in [0, 0.1) is 19.3 Å². The zero-order valence-electron chi connectivity index (χ0n) is 23.2. The van der Waals surface area contributed by atoms with Crippen molar-refractivity contribution in [3.63, 3.8) is 0 Å². The van der Waals surface area contributed by atoms with E-state index in [0.717, 1.165) is 60.8 Å². The smallest absolute Gasteiger partial charge is 0.337 e. The number of fused-ring (bicyclic) bond motifs is 1. The monoisotopic (exact) mass is 505 g/mol. The van der Waals surface area contributed by atoms with E-state index in [-0.39, 0.29) is 0 Å². The normalized spacial score (nSPS) is 20.2. The second-order valence-corrected chi connectivity index (χ2v) is 12.5. The molecule has 0 radical (unpaired) electrons. The zero-order chi connectivity index (χ0) is 26.4. The van der Waals surface area contributed by atoms with Gasteiger partial charge in [-0.15, -0.1) is 0 Å². The maximum absolute atomic E-state index is 12.7. The summed E-state index contributed by atoms with van der Waals surface area (Å²) in [6.07, 6.45) is 7.60. The van der Waals surface area contributed by atoms with Crippen LogP contribution in [0.25, 0.3) is 11.1 Å². The molecule has 6 nitrogen and oxygen atoms in total. The Morgan fingerprint density at radius 1 is 1.08 bits per heavy atom. The van der Waals surface area contributed by atoms with Crippen molar-refractivity contribution >= 4 is 11.7 Å². The van der Waals surface area contributed by atoms with Crippen molar-refractivity contribution in [3.8, 4) is 11.1 Å². The largest absolute Gasteiger partial charge is 0.479 e. The summed E-state index contributed by atoms with van der Waals surface area (Å²) in [5.41, 5.74) is 8.20. The van der Waals surface area contributed by atoms with E-state index in [4.69, 9.17) is 9.72 Å². The summed E-state index contributed by atoms with van der Waals surface area (Å²) >= 11 is 0. The number of benzene rings is 1. The molecule has 2 aromatic rings. The summed E-state index contributed by atoms with van der Waals surface area (Å²) in [6, 6.07) is 6.73. The van der Waals surface area contributed by atoms with Crippen LogP contribution >= 0.6 is 0 Å². The molecule has 2 fully saturated rings. The van der Waals surface area contributed by atoms with Crippen LogP contribution in [0.2, 0.25) is 0 Å². The van der Waals surface area contributed by atoms with Gasteiger partial charge in [-0.2, -0.15) is 0 Å². The Balaban J connectivity index is 1.67. The van der Waals surface area contributed by atoms with Crippen LogP contribution in [-0.4, -0.2) is 41.3 Å². The first kappa shape index (κ1) is 26.2. The number of hydrogen-bond acceptors (Lipinski definition) is 5.